The molecule has 3 aromatic heterocycles. The standard InChI is InChI=1S/C66H60N4O/c1-64(2,3)48-23-15-21-46(37-48)54-28-18-29-55(47-22-16-24-49(38-47)65(4,5)6)63(54)69-43-68(61-39-45(31-34-59(61)69)44-19-11-10-12-20-44)51-25-17-26-52(41-51)71-53-32-33-57-56-27-13-14-30-58(56)70(60(57)42-53)62-40-50(35-36-67-62)66(7,8)9/h10-42H,1-9H3/i10D,11D,12D,19D,20D. The molecule has 0 aliphatic rings. The first-order valence-electron chi connectivity index (χ1n) is 26.9. The summed E-state index contributed by atoms with van der Waals surface area (Å²) in [6.07, 6.45) is 5.70. The van der Waals surface area contributed by atoms with E-state index < -0.39 is 6.04 Å². The van der Waals surface area contributed by atoms with E-state index in [4.69, 9.17) is 16.6 Å². The molecule has 0 radical (unpaired) electrons. The van der Waals surface area contributed by atoms with Gasteiger partial charge in [0.1, 0.15) is 17.3 Å². The number of para-hydroxylation sites is 2. The van der Waals surface area contributed by atoms with Crippen molar-refractivity contribution >= 4 is 32.8 Å². The summed E-state index contributed by atoms with van der Waals surface area (Å²) in [5.74, 6) is 2.07. The largest absolute Gasteiger partial charge is 0.458 e. The van der Waals surface area contributed by atoms with Crippen LogP contribution >= 0.6 is 0 Å². The van der Waals surface area contributed by atoms with Crippen LogP contribution in [0.4, 0.5) is 0 Å². The lowest BCUT2D eigenvalue weighted by Gasteiger charge is -2.23. The summed E-state index contributed by atoms with van der Waals surface area (Å²) in [4.78, 5) is 4.89. The molecular weight excluding hydrogens is 865 g/mol. The highest BCUT2D eigenvalue weighted by Gasteiger charge is 2.24. The molecule has 0 atom stereocenters. The van der Waals surface area contributed by atoms with Gasteiger partial charge in [0.25, 0.3) is 6.33 Å². The first kappa shape index (κ1) is 39.8. The quantitative estimate of drug-likeness (QED) is 0.112. The summed E-state index contributed by atoms with van der Waals surface area (Å²) in [7, 11) is 0. The van der Waals surface area contributed by atoms with E-state index in [1.54, 1.807) is 0 Å². The summed E-state index contributed by atoms with van der Waals surface area (Å²) >= 11 is 0. The van der Waals surface area contributed by atoms with Crippen LogP contribution in [-0.4, -0.2) is 14.1 Å². The molecule has 71 heavy (non-hydrogen) atoms. The number of imidazole rings is 1. The fraction of sp³-hybridized carbons (Fsp3) is 0.182. The summed E-state index contributed by atoms with van der Waals surface area (Å²) in [5, 5.41) is 2.20. The van der Waals surface area contributed by atoms with Gasteiger partial charge >= 0.3 is 0 Å². The van der Waals surface area contributed by atoms with Gasteiger partial charge in [-0.15, -0.1) is 0 Å². The third-order valence-electron chi connectivity index (χ3n) is 13.6. The minimum absolute atomic E-state index is 0.0687. The molecule has 11 aromatic rings. The Kier molecular flexibility index (Phi) is 9.77. The fourth-order valence-electron chi connectivity index (χ4n) is 9.66. The number of benzene rings is 8. The minimum Gasteiger partial charge on any atom is -0.458 e. The van der Waals surface area contributed by atoms with Gasteiger partial charge in [0.15, 0.2) is 0 Å². The normalized spacial score (nSPS) is 13.3. The Balaban J connectivity index is 1.12. The topological polar surface area (TPSA) is 35.9 Å². The van der Waals surface area contributed by atoms with Gasteiger partial charge < -0.3 is 4.74 Å². The second-order valence-electron chi connectivity index (χ2n) is 21.6. The second kappa shape index (κ2) is 17.4. The Morgan fingerprint density at radius 2 is 1.11 bits per heavy atom. The molecule has 5 heteroatoms. The van der Waals surface area contributed by atoms with Gasteiger partial charge in [-0.05, 0) is 121 Å². The Bertz CT molecular complexity index is 4010. The second-order valence-corrected chi connectivity index (χ2v) is 21.6. The molecule has 11 rings (SSSR count). The van der Waals surface area contributed by atoms with Gasteiger partial charge in [0.05, 0.1) is 40.3 Å². The van der Waals surface area contributed by atoms with E-state index in [-0.39, 0.29) is 46.0 Å². The number of fused-ring (bicyclic) bond motifs is 4. The molecule has 8 aromatic carbocycles. The third-order valence-corrected chi connectivity index (χ3v) is 13.6. The molecule has 0 N–H and O–H groups in total. The molecule has 5 nitrogen and oxygen atoms in total. The Hall–Kier alpha value is -8.02. The molecule has 3 heterocycles. The predicted molar refractivity (Wildman–Crippen MR) is 295 cm³/mol. The molecule has 0 saturated heterocycles. The molecule has 0 unspecified atom stereocenters. The van der Waals surface area contributed by atoms with Crippen LogP contribution in [0.15, 0.2) is 200 Å². The zero-order valence-corrected chi connectivity index (χ0v) is 41.9. The lowest BCUT2D eigenvalue weighted by atomic mass is 9.84. The van der Waals surface area contributed by atoms with Crippen molar-refractivity contribution in [1.82, 2.24) is 14.1 Å². The zero-order chi connectivity index (χ0) is 53.6. The van der Waals surface area contributed by atoms with E-state index >= 15 is 0 Å². The predicted octanol–water partition coefficient (Wildman–Crippen LogP) is 16.9. The van der Waals surface area contributed by atoms with Gasteiger partial charge in [-0.3, -0.25) is 13.7 Å². The van der Waals surface area contributed by atoms with Gasteiger partial charge in [-0.2, -0.15) is 0 Å². The van der Waals surface area contributed by atoms with Crippen LogP contribution in [0.1, 0.15) is 85.9 Å². The number of aromatic nitrogens is 4. The van der Waals surface area contributed by atoms with Crippen molar-refractivity contribution in [3.8, 4) is 62.1 Å². The highest BCUT2D eigenvalue weighted by molar-refractivity contribution is 6.09. The molecule has 350 valence electrons. The van der Waals surface area contributed by atoms with Crippen LogP contribution in [0.25, 0.3) is 83.4 Å². The Morgan fingerprint density at radius 1 is 0.493 bits per heavy atom. The average Bonchev–Trinajstić information content (AvgIpc) is 3.97. The number of hydrogen-bond acceptors (Lipinski definition) is 2. The average molecular weight is 930 g/mol. The van der Waals surface area contributed by atoms with E-state index in [0.29, 0.717) is 22.6 Å². The van der Waals surface area contributed by atoms with Crippen molar-refractivity contribution in [2.75, 3.05) is 0 Å². The van der Waals surface area contributed by atoms with Crippen molar-refractivity contribution < 1.29 is 16.2 Å². The molecule has 0 bridgehead atoms. The van der Waals surface area contributed by atoms with Crippen LogP contribution in [0.5, 0.6) is 11.5 Å². The summed E-state index contributed by atoms with van der Waals surface area (Å²) in [6, 6.07) is 54.6. The van der Waals surface area contributed by atoms with Crippen molar-refractivity contribution in [3.05, 3.63) is 223 Å². The monoisotopic (exact) mass is 930 g/mol. The van der Waals surface area contributed by atoms with Crippen molar-refractivity contribution in [1.29, 1.82) is 0 Å². The Labute approximate surface area is 425 Å². The minimum atomic E-state index is -0.437. The van der Waals surface area contributed by atoms with Crippen molar-refractivity contribution in [2.24, 2.45) is 0 Å². The van der Waals surface area contributed by atoms with Crippen molar-refractivity contribution in [2.45, 2.75) is 78.6 Å². The first-order chi connectivity index (χ1) is 36.2. The number of nitrogens with zero attached hydrogens (tertiary/aromatic N) is 4. The fourth-order valence-corrected chi connectivity index (χ4v) is 9.66. The maximum Gasteiger partial charge on any atom is 0.269 e. The number of hydrogen-bond donors (Lipinski definition) is 0. The van der Waals surface area contributed by atoms with Gasteiger partial charge in [0.2, 0.25) is 0 Å². The van der Waals surface area contributed by atoms with E-state index in [1.807, 2.05) is 59.3 Å². The SMILES string of the molecule is [2H]c1c([2H])c([2H])c(-c2ccc3c(c2)n(-c2cccc(Oc4ccc5c6ccccc6n(-c6cc(C(C)(C)C)ccn6)c5c4)c2)[c-][n+]3-c2c(-c3cccc(C(C)(C)C)c3)cccc2-c2cccc(C(C)(C)C)c2)c([2H])c1[2H]. The molecule has 0 aliphatic carbocycles. The van der Waals surface area contributed by atoms with Crippen LogP contribution in [0.3, 0.4) is 0 Å². The highest BCUT2D eigenvalue weighted by atomic mass is 16.5. The van der Waals surface area contributed by atoms with Crippen LogP contribution in [-0.2, 0) is 16.2 Å². The number of rotatable bonds is 8. The van der Waals surface area contributed by atoms with E-state index in [0.717, 1.165) is 66.8 Å². The zero-order valence-electron chi connectivity index (χ0n) is 46.9. The smallest absolute Gasteiger partial charge is 0.269 e. The number of ether oxygens (including phenoxy) is 1. The molecule has 0 fully saturated rings. The van der Waals surface area contributed by atoms with Crippen LogP contribution in [0, 0.1) is 6.33 Å². The first-order valence-corrected chi connectivity index (χ1v) is 24.4. The van der Waals surface area contributed by atoms with Gasteiger partial charge in [-0.25, -0.2) is 4.98 Å². The maximum atomic E-state index is 9.01. The summed E-state index contributed by atoms with van der Waals surface area (Å²) in [6.45, 7) is 20.0. The lowest BCUT2D eigenvalue weighted by molar-refractivity contribution is -0.571. The maximum absolute atomic E-state index is 9.01. The summed E-state index contributed by atoms with van der Waals surface area (Å²) in [5.41, 5.74) is 13.2. The Morgan fingerprint density at radius 3 is 1.80 bits per heavy atom. The van der Waals surface area contributed by atoms with E-state index in [1.165, 1.54) is 16.7 Å². The lowest BCUT2D eigenvalue weighted by Crippen LogP contribution is -2.31. The van der Waals surface area contributed by atoms with Gasteiger partial charge in [-0.1, -0.05) is 196 Å². The third kappa shape index (κ3) is 8.60. The summed E-state index contributed by atoms with van der Waals surface area (Å²) < 4.78 is 56.7. The van der Waals surface area contributed by atoms with Crippen LogP contribution in [0.2, 0.25) is 0 Å². The molecule has 0 saturated carbocycles. The number of pyridine rings is 1. The molecule has 0 amide bonds. The van der Waals surface area contributed by atoms with E-state index in [9.17, 15) is 0 Å². The molecule has 0 aliphatic heterocycles. The molecule has 0 spiro atoms. The van der Waals surface area contributed by atoms with Crippen LogP contribution < -0.4 is 9.30 Å². The van der Waals surface area contributed by atoms with Crippen molar-refractivity contribution in [3.63, 3.8) is 0 Å². The van der Waals surface area contributed by atoms with Gasteiger partial charge in [0, 0.05) is 23.0 Å². The van der Waals surface area contributed by atoms with E-state index in [2.05, 4.69) is 193 Å². The highest BCUT2D eigenvalue weighted by Crippen LogP contribution is 2.40. The molecular formula is C66H60N4O.